The summed E-state index contributed by atoms with van der Waals surface area (Å²) in [7, 11) is -1.63. The first kappa shape index (κ1) is 5.20. The van der Waals surface area contributed by atoms with Crippen molar-refractivity contribution in [1.29, 1.82) is 0 Å². The smallest absolute Gasteiger partial charge is 0.421 e. The van der Waals surface area contributed by atoms with Crippen LogP contribution in [0, 0.1) is 0 Å². The van der Waals surface area contributed by atoms with E-state index in [1.54, 1.807) is 0 Å². The molecule has 1 aromatic heterocycles. The second-order valence-corrected chi connectivity index (χ2v) is 1.14. The first-order chi connectivity index (χ1) is 3.80. The molecule has 0 saturated carbocycles. The van der Waals surface area contributed by atoms with E-state index in [2.05, 4.69) is 20.6 Å². The van der Waals surface area contributed by atoms with Crippen molar-refractivity contribution in [3.63, 3.8) is 0 Å². The van der Waals surface area contributed by atoms with E-state index in [-0.39, 0.29) is 5.72 Å². The van der Waals surface area contributed by atoms with Crippen molar-refractivity contribution in [3.05, 3.63) is 0 Å². The minimum Gasteiger partial charge on any atom is -0.421 e. The maximum Gasteiger partial charge on any atom is 0.532 e. The molecule has 0 aromatic carbocycles. The Balaban J connectivity index is 2.77. The molecule has 1 heterocycles. The van der Waals surface area contributed by atoms with Gasteiger partial charge >= 0.3 is 7.12 Å². The highest BCUT2D eigenvalue weighted by atomic mass is 16.4. The molecule has 42 valence electrons. The molecular weight excluding hydrogens is 111 g/mol. The summed E-state index contributed by atoms with van der Waals surface area (Å²) < 4.78 is 0. The minimum atomic E-state index is -1.63. The second-order valence-electron chi connectivity index (χ2n) is 1.14. The van der Waals surface area contributed by atoms with E-state index in [9.17, 15) is 0 Å². The van der Waals surface area contributed by atoms with Gasteiger partial charge < -0.3 is 10.0 Å². The summed E-state index contributed by atoms with van der Waals surface area (Å²) in [6, 6.07) is 0. The van der Waals surface area contributed by atoms with Gasteiger partial charge in [0.15, 0.2) is 0 Å². The Labute approximate surface area is 44.7 Å². The van der Waals surface area contributed by atoms with Crippen LogP contribution in [0.15, 0.2) is 0 Å². The molecule has 6 nitrogen and oxygen atoms in total. The molecule has 0 fully saturated rings. The van der Waals surface area contributed by atoms with Crippen molar-refractivity contribution in [3.8, 4) is 0 Å². The Morgan fingerprint density at radius 3 is 2.50 bits per heavy atom. The average Bonchev–Trinajstić information content (AvgIpc) is 2.12. The zero-order valence-electron chi connectivity index (χ0n) is 3.81. The summed E-state index contributed by atoms with van der Waals surface area (Å²) in [5.41, 5.74) is -0.120. The molecule has 1 rings (SSSR count). The molecule has 0 aliphatic heterocycles. The SMILES string of the molecule is OB(O)c1nn[nH]n1. The molecule has 0 bridgehead atoms. The Morgan fingerprint density at radius 2 is 2.25 bits per heavy atom. The van der Waals surface area contributed by atoms with Gasteiger partial charge in [0, 0.05) is 0 Å². The fourth-order valence-corrected chi connectivity index (χ4v) is 0.279. The average molecular weight is 114 g/mol. The Hall–Kier alpha value is -0.945. The molecule has 0 atom stereocenters. The minimum absolute atomic E-state index is 0.120. The topological polar surface area (TPSA) is 94.9 Å². The Kier molecular flexibility index (Phi) is 1.23. The molecule has 0 aliphatic rings. The number of nitrogens with one attached hydrogen (secondary N) is 1. The zero-order chi connectivity index (χ0) is 5.98. The molecule has 1 aromatic rings. The van der Waals surface area contributed by atoms with Crippen molar-refractivity contribution >= 4 is 12.8 Å². The van der Waals surface area contributed by atoms with Crippen molar-refractivity contribution < 1.29 is 10.0 Å². The second kappa shape index (κ2) is 1.89. The van der Waals surface area contributed by atoms with Crippen LogP contribution in [-0.2, 0) is 0 Å². The zero-order valence-corrected chi connectivity index (χ0v) is 3.81. The van der Waals surface area contributed by atoms with Crippen molar-refractivity contribution in [2.24, 2.45) is 0 Å². The number of aromatic amines is 1. The van der Waals surface area contributed by atoms with Crippen LogP contribution in [0.25, 0.3) is 0 Å². The summed E-state index contributed by atoms with van der Waals surface area (Å²) in [6.45, 7) is 0. The maximum atomic E-state index is 8.28. The molecular formula is CH3BN4O2. The molecule has 0 unspecified atom stereocenters. The molecule has 0 aliphatic carbocycles. The fourth-order valence-electron chi connectivity index (χ4n) is 0.279. The van der Waals surface area contributed by atoms with Crippen LogP contribution in [0.3, 0.4) is 0 Å². The standard InChI is InChI=1S/CH3BN4O2/c7-2(8)1-3-5-6-4-1/h7-8H,(H,3,4,5,6). The highest BCUT2D eigenvalue weighted by Gasteiger charge is 2.15. The number of H-pyrrole nitrogens is 1. The van der Waals surface area contributed by atoms with Gasteiger partial charge in [-0.15, -0.1) is 10.2 Å². The van der Waals surface area contributed by atoms with Gasteiger partial charge in [0.1, 0.15) is 0 Å². The van der Waals surface area contributed by atoms with Gasteiger partial charge in [0.2, 0.25) is 5.72 Å². The number of rotatable bonds is 1. The van der Waals surface area contributed by atoms with E-state index >= 15 is 0 Å². The van der Waals surface area contributed by atoms with Crippen molar-refractivity contribution in [2.75, 3.05) is 0 Å². The maximum absolute atomic E-state index is 8.28. The van der Waals surface area contributed by atoms with Crippen LogP contribution in [0.5, 0.6) is 0 Å². The first-order valence-corrected chi connectivity index (χ1v) is 1.90. The molecule has 0 spiro atoms. The third-order valence-corrected chi connectivity index (χ3v) is 0.593. The van der Waals surface area contributed by atoms with Crippen LogP contribution >= 0.6 is 0 Å². The van der Waals surface area contributed by atoms with E-state index in [0.29, 0.717) is 0 Å². The summed E-state index contributed by atoms with van der Waals surface area (Å²) >= 11 is 0. The molecule has 8 heavy (non-hydrogen) atoms. The van der Waals surface area contributed by atoms with Crippen LogP contribution < -0.4 is 5.72 Å². The van der Waals surface area contributed by atoms with Gasteiger partial charge in [0.05, 0.1) is 0 Å². The van der Waals surface area contributed by atoms with Crippen LogP contribution in [0.1, 0.15) is 0 Å². The predicted molar refractivity (Wildman–Crippen MR) is 24.0 cm³/mol. The largest absolute Gasteiger partial charge is 0.532 e. The lowest BCUT2D eigenvalue weighted by Gasteiger charge is -1.82. The van der Waals surface area contributed by atoms with Crippen molar-refractivity contribution in [2.45, 2.75) is 0 Å². The normalized spacial score (nSPS) is 9.25. The van der Waals surface area contributed by atoms with E-state index in [4.69, 9.17) is 10.0 Å². The van der Waals surface area contributed by atoms with Crippen molar-refractivity contribution in [1.82, 2.24) is 20.6 Å². The van der Waals surface area contributed by atoms with Crippen LogP contribution in [0.4, 0.5) is 0 Å². The Morgan fingerprint density at radius 1 is 1.50 bits per heavy atom. The van der Waals surface area contributed by atoms with Gasteiger partial charge in [-0.1, -0.05) is 5.21 Å². The van der Waals surface area contributed by atoms with Gasteiger partial charge in [-0.2, -0.15) is 5.21 Å². The molecule has 0 radical (unpaired) electrons. The lowest BCUT2D eigenvalue weighted by molar-refractivity contribution is 0.422. The first-order valence-electron chi connectivity index (χ1n) is 1.90. The van der Waals surface area contributed by atoms with E-state index in [1.807, 2.05) is 0 Å². The summed E-state index contributed by atoms with van der Waals surface area (Å²) in [6.07, 6.45) is 0. The number of tetrazole rings is 1. The van der Waals surface area contributed by atoms with Crippen LogP contribution in [0.2, 0.25) is 0 Å². The number of hydrogen-bond acceptors (Lipinski definition) is 5. The van der Waals surface area contributed by atoms with Gasteiger partial charge in [-0.05, 0) is 0 Å². The van der Waals surface area contributed by atoms with E-state index < -0.39 is 7.12 Å². The lowest BCUT2D eigenvalue weighted by Crippen LogP contribution is -2.33. The molecule has 3 N–H and O–H groups in total. The number of hydrogen-bond donors (Lipinski definition) is 3. The van der Waals surface area contributed by atoms with E-state index in [1.165, 1.54) is 0 Å². The third-order valence-electron chi connectivity index (χ3n) is 0.593. The van der Waals surface area contributed by atoms with Crippen LogP contribution in [-0.4, -0.2) is 37.8 Å². The molecule has 0 amide bonds. The molecule has 0 saturated heterocycles. The summed E-state index contributed by atoms with van der Waals surface area (Å²) in [5, 5.41) is 28.3. The highest BCUT2D eigenvalue weighted by molar-refractivity contribution is 6.56. The number of nitrogens with zero attached hydrogens (tertiary/aromatic N) is 3. The quantitative estimate of drug-likeness (QED) is 0.335. The fraction of sp³-hybridized carbons (Fsp3) is 0. The predicted octanol–water partition coefficient (Wildman–Crippen LogP) is -3.12. The van der Waals surface area contributed by atoms with Gasteiger partial charge in [0.25, 0.3) is 0 Å². The summed E-state index contributed by atoms with van der Waals surface area (Å²) in [5.74, 6) is 0. The lowest BCUT2D eigenvalue weighted by atomic mass is 9.92. The van der Waals surface area contributed by atoms with Gasteiger partial charge in [-0.3, -0.25) is 0 Å². The van der Waals surface area contributed by atoms with Gasteiger partial charge in [-0.25, -0.2) is 0 Å². The number of aromatic nitrogens is 4. The molecule has 7 heteroatoms. The highest BCUT2D eigenvalue weighted by Crippen LogP contribution is 1.59. The van der Waals surface area contributed by atoms with E-state index in [0.717, 1.165) is 0 Å². The monoisotopic (exact) mass is 114 g/mol. The Bertz CT molecular complexity index is 149. The summed E-state index contributed by atoms with van der Waals surface area (Å²) in [4.78, 5) is 0. The third kappa shape index (κ3) is 0.822.